The summed E-state index contributed by atoms with van der Waals surface area (Å²) in [5.41, 5.74) is 2.00. The summed E-state index contributed by atoms with van der Waals surface area (Å²) in [5, 5.41) is 12.0. The zero-order valence-corrected chi connectivity index (χ0v) is 13.2. The maximum absolute atomic E-state index is 5.48. The van der Waals surface area contributed by atoms with E-state index in [2.05, 4.69) is 33.8 Å². The zero-order valence-electron chi connectivity index (χ0n) is 12.4. The van der Waals surface area contributed by atoms with Crippen molar-refractivity contribution >= 4 is 11.5 Å². The first-order valence-corrected chi connectivity index (χ1v) is 7.62. The van der Waals surface area contributed by atoms with Crippen LogP contribution in [0.15, 0.2) is 6.20 Å². The van der Waals surface area contributed by atoms with Gasteiger partial charge in [0.2, 0.25) is 0 Å². The summed E-state index contributed by atoms with van der Waals surface area (Å²) >= 11 is 1.42. The van der Waals surface area contributed by atoms with E-state index in [1.165, 1.54) is 11.5 Å². The summed E-state index contributed by atoms with van der Waals surface area (Å²) in [6.07, 6.45) is 2.80. The molecule has 20 heavy (non-hydrogen) atoms. The van der Waals surface area contributed by atoms with E-state index in [1.54, 1.807) is 13.3 Å². The Morgan fingerprint density at radius 3 is 2.80 bits per heavy atom. The first kappa shape index (κ1) is 14.9. The lowest BCUT2D eigenvalue weighted by Gasteiger charge is -2.19. The molecule has 0 bridgehead atoms. The molecule has 0 aliphatic rings. The summed E-state index contributed by atoms with van der Waals surface area (Å²) in [6, 6.07) is 0.0176. The van der Waals surface area contributed by atoms with E-state index in [1.807, 2.05) is 11.6 Å². The molecular formula is C13H21N5OS. The van der Waals surface area contributed by atoms with Crippen molar-refractivity contribution in [3.8, 4) is 5.75 Å². The number of hydrogen-bond donors (Lipinski definition) is 1. The van der Waals surface area contributed by atoms with E-state index in [0.29, 0.717) is 0 Å². The van der Waals surface area contributed by atoms with Crippen molar-refractivity contribution in [2.45, 2.75) is 39.8 Å². The highest BCUT2D eigenvalue weighted by molar-refractivity contribution is 7.05. The summed E-state index contributed by atoms with van der Waals surface area (Å²) in [6.45, 7) is 7.92. The minimum atomic E-state index is 0.0176. The molecule has 0 saturated heterocycles. The van der Waals surface area contributed by atoms with Gasteiger partial charge >= 0.3 is 0 Å². The van der Waals surface area contributed by atoms with E-state index in [-0.39, 0.29) is 6.04 Å². The van der Waals surface area contributed by atoms with E-state index in [0.717, 1.165) is 41.5 Å². The minimum absolute atomic E-state index is 0.0176. The second-order valence-corrected chi connectivity index (χ2v) is 5.32. The Balaban J connectivity index is 2.48. The third-order valence-electron chi connectivity index (χ3n) is 3.13. The number of hydrogen-bond acceptors (Lipinski definition) is 6. The molecule has 1 unspecified atom stereocenters. The van der Waals surface area contributed by atoms with Crippen molar-refractivity contribution in [2.75, 3.05) is 13.7 Å². The van der Waals surface area contributed by atoms with Crippen LogP contribution in [0.3, 0.4) is 0 Å². The second kappa shape index (κ2) is 6.81. The van der Waals surface area contributed by atoms with E-state index in [9.17, 15) is 0 Å². The van der Waals surface area contributed by atoms with Crippen molar-refractivity contribution in [1.29, 1.82) is 0 Å². The van der Waals surface area contributed by atoms with Crippen LogP contribution >= 0.6 is 11.5 Å². The number of nitrogens with one attached hydrogen (secondary N) is 1. The number of rotatable bonds is 7. The number of aromatic nitrogens is 4. The number of nitrogens with zero attached hydrogens (tertiary/aromatic N) is 4. The zero-order chi connectivity index (χ0) is 14.5. The molecule has 2 rings (SSSR count). The summed E-state index contributed by atoms with van der Waals surface area (Å²) in [5.74, 6) is 0.803. The smallest absolute Gasteiger partial charge is 0.161 e. The van der Waals surface area contributed by atoms with Gasteiger partial charge in [-0.3, -0.25) is 4.68 Å². The standard InChI is InChI=1S/C13H21N5OS/c1-5-7-18-12(10(19-4)8-15-18)11(14-6-2)13-9(3)16-17-20-13/h8,11,14H,5-7H2,1-4H3. The monoisotopic (exact) mass is 295 g/mol. The van der Waals surface area contributed by atoms with Gasteiger partial charge < -0.3 is 10.1 Å². The van der Waals surface area contributed by atoms with E-state index in [4.69, 9.17) is 4.74 Å². The van der Waals surface area contributed by atoms with Crippen molar-refractivity contribution < 1.29 is 4.74 Å². The van der Waals surface area contributed by atoms with Crippen LogP contribution in [-0.4, -0.2) is 33.0 Å². The van der Waals surface area contributed by atoms with Gasteiger partial charge in [-0.1, -0.05) is 18.3 Å². The third-order valence-corrected chi connectivity index (χ3v) is 4.02. The van der Waals surface area contributed by atoms with Crippen molar-refractivity contribution in [1.82, 2.24) is 24.7 Å². The molecular weight excluding hydrogens is 274 g/mol. The molecule has 0 spiro atoms. The molecule has 2 aromatic heterocycles. The first-order chi connectivity index (χ1) is 9.72. The van der Waals surface area contributed by atoms with Gasteiger partial charge in [-0.2, -0.15) is 5.10 Å². The minimum Gasteiger partial charge on any atom is -0.493 e. The number of aryl methyl sites for hydroxylation is 2. The molecule has 0 aliphatic heterocycles. The third kappa shape index (κ3) is 2.83. The Kier molecular flexibility index (Phi) is 5.08. The normalized spacial score (nSPS) is 12.6. The van der Waals surface area contributed by atoms with Crippen LogP contribution in [0.2, 0.25) is 0 Å². The topological polar surface area (TPSA) is 64.9 Å². The average Bonchev–Trinajstić information content (AvgIpc) is 3.03. The molecule has 110 valence electrons. The van der Waals surface area contributed by atoms with E-state index >= 15 is 0 Å². The fourth-order valence-electron chi connectivity index (χ4n) is 2.24. The molecule has 7 heteroatoms. The number of methoxy groups -OCH3 is 1. The predicted molar refractivity (Wildman–Crippen MR) is 79.2 cm³/mol. The van der Waals surface area contributed by atoms with Crippen LogP contribution in [0.4, 0.5) is 0 Å². The molecule has 0 fully saturated rings. The van der Waals surface area contributed by atoms with Crippen molar-refractivity contribution in [2.24, 2.45) is 0 Å². The van der Waals surface area contributed by atoms with Crippen LogP contribution < -0.4 is 10.1 Å². The maximum atomic E-state index is 5.48. The molecule has 6 nitrogen and oxygen atoms in total. The molecule has 2 heterocycles. The highest BCUT2D eigenvalue weighted by Gasteiger charge is 2.26. The van der Waals surface area contributed by atoms with Crippen LogP contribution in [0.1, 0.15) is 42.6 Å². The van der Waals surface area contributed by atoms with Crippen molar-refractivity contribution in [3.63, 3.8) is 0 Å². The Hall–Kier alpha value is -1.47. The maximum Gasteiger partial charge on any atom is 0.161 e. The fraction of sp³-hybridized carbons (Fsp3) is 0.615. The van der Waals surface area contributed by atoms with Gasteiger partial charge in [0.25, 0.3) is 0 Å². The Morgan fingerprint density at radius 1 is 1.45 bits per heavy atom. The largest absolute Gasteiger partial charge is 0.493 e. The Labute approximate surface area is 123 Å². The highest BCUT2D eigenvalue weighted by Crippen LogP contribution is 2.32. The SMILES string of the molecule is CCCn1ncc(OC)c1C(NCC)c1snnc1C. The lowest BCUT2D eigenvalue weighted by molar-refractivity contribution is 0.399. The Morgan fingerprint density at radius 2 is 2.25 bits per heavy atom. The molecule has 2 aromatic rings. The fourth-order valence-corrected chi connectivity index (χ4v) is 2.96. The Bertz CT molecular complexity index is 551. The van der Waals surface area contributed by atoms with Gasteiger partial charge in [0.05, 0.1) is 29.9 Å². The molecule has 0 saturated carbocycles. The van der Waals surface area contributed by atoms with Crippen molar-refractivity contribution in [3.05, 3.63) is 22.5 Å². The van der Waals surface area contributed by atoms with Crippen LogP contribution in [0.25, 0.3) is 0 Å². The molecule has 1 atom stereocenters. The lowest BCUT2D eigenvalue weighted by Crippen LogP contribution is -2.25. The first-order valence-electron chi connectivity index (χ1n) is 6.84. The summed E-state index contributed by atoms with van der Waals surface area (Å²) in [7, 11) is 1.68. The molecule has 0 aromatic carbocycles. The number of ether oxygens (including phenoxy) is 1. The lowest BCUT2D eigenvalue weighted by atomic mass is 10.1. The quantitative estimate of drug-likeness (QED) is 0.848. The summed E-state index contributed by atoms with van der Waals surface area (Å²) < 4.78 is 11.5. The molecule has 0 amide bonds. The van der Waals surface area contributed by atoms with Gasteiger partial charge in [0, 0.05) is 6.54 Å². The van der Waals surface area contributed by atoms with Gasteiger partial charge in [0.15, 0.2) is 5.75 Å². The van der Waals surface area contributed by atoms with Gasteiger partial charge in [0.1, 0.15) is 5.69 Å². The molecule has 1 N–H and O–H groups in total. The predicted octanol–water partition coefficient (Wildman–Crippen LogP) is 2.16. The summed E-state index contributed by atoms with van der Waals surface area (Å²) in [4.78, 5) is 1.11. The molecule has 0 aliphatic carbocycles. The van der Waals surface area contributed by atoms with Crippen LogP contribution in [0.5, 0.6) is 5.75 Å². The highest BCUT2D eigenvalue weighted by atomic mass is 32.1. The molecule has 0 radical (unpaired) electrons. The van der Waals surface area contributed by atoms with Gasteiger partial charge in [-0.25, -0.2) is 0 Å². The van der Waals surface area contributed by atoms with Crippen LogP contribution in [0, 0.1) is 6.92 Å². The van der Waals surface area contributed by atoms with Gasteiger partial charge in [-0.15, -0.1) is 5.10 Å². The average molecular weight is 295 g/mol. The second-order valence-electron chi connectivity index (χ2n) is 4.53. The van der Waals surface area contributed by atoms with E-state index < -0.39 is 0 Å². The van der Waals surface area contributed by atoms with Gasteiger partial charge in [-0.05, 0) is 31.4 Å². The van der Waals surface area contributed by atoms with Crippen LogP contribution in [-0.2, 0) is 6.54 Å².